The Labute approximate surface area is 142 Å². The Bertz CT molecular complexity index is 297. The molecule has 5 nitrogen and oxygen atoms in total. The summed E-state index contributed by atoms with van der Waals surface area (Å²) in [6.45, 7) is 5.88. The fraction of sp³-hybridized carbons (Fsp3) is 0.944. The van der Waals surface area contributed by atoms with Crippen LogP contribution in [0.4, 0.5) is 0 Å². The topological polar surface area (TPSA) is 56.8 Å². The summed E-state index contributed by atoms with van der Waals surface area (Å²) in [6.07, 6.45) is 8.73. The number of carbonyl (C=O) groups excluding carboxylic acids is 1. The first-order valence-corrected chi connectivity index (χ1v) is 8.93. The zero-order chi connectivity index (χ0) is 17.7. The van der Waals surface area contributed by atoms with Crippen LogP contribution in [0.15, 0.2) is 0 Å². The summed E-state index contributed by atoms with van der Waals surface area (Å²) in [4.78, 5) is 11.7. The van der Waals surface area contributed by atoms with E-state index in [0.717, 1.165) is 25.7 Å². The molecule has 23 heavy (non-hydrogen) atoms. The molecule has 0 saturated heterocycles. The van der Waals surface area contributed by atoms with Gasteiger partial charge in [-0.3, -0.25) is 4.79 Å². The summed E-state index contributed by atoms with van der Waals surface area (Å²) < 4.78 is 16.7. The van der Waals surface area contributed by atoms with Crippen LogP contribution in [0.2, 0.25) is 0 Å². The predicted octanol–water partition coefficient (Wildman–Crippen LogP) is 3.86. The monoisotopic (exact) mass is 331 g/mol. The van der Waals surface area contributed by atoms with E-state index in [1.807, 2.05) is 0 Å². The van der Waals surface area contributed by atoms with Crippen LogP contribution in [-0.2, 0) is 19.0 Å². The van der Waals surface area contributed by atoms with Gasteiger partial charge in [0.2, 0.25) is 5.91 Å². The number of hydrogen-bond acceptors (Lipinski definition) is 4. The largest absolute Gasteiger partial charge is 0.353 e. The lowest BCUT2D eigenvalue weighted by atomic mass is 9.88. The molecule has 1 N–H and O–H groups in total. The minimum Gasteiger partial charge on any atom is -0.353 e. The molecule has 0 saturated carbocycles. The van der Waals surface area contributed by atoms with Gasteiger partial charge < -0.3 is 19.5 Å². The molecule has 0 spiro atoms. The summed E-state index contributed by atoms with van der Waals surface area (Å²) in [6, 6.07) is -0.0195. The van der Waals surface area contributed by atoms with E-state index in [0.29, 0.717) is 0 Å². The van der Waals surface area contributed by atoms with Gasteiger partial charge in [0, 0.05) is 34.3 Å². The van der Waals surface area contributed by atoms with E-state index in [1.54, 1.807) is 28.3 Å². The van der Waals surface area contributed by atoms with E-state index in [2.05, 4.69) is 19.2 Å². The molecule has 0 aliphatic carbocycles. The van der Waals surface area contributed by atoms with E-state index in [4.69, 9.17) is 14.2 Å². The van der Waals surface area contributed by atoms with Crippen molar-refractivity contribution in [2.75, 3.05) is 21.3 Å². The number of unbranched alkanes of at least 4 members (excludes halogenated alkanes) is 4. The average Bonchev–Trinajstić information content (AvgIpc) is 2.54. The van der Waals surface area contributed by atoms with Gasteiger partial charge in [0.1, 0.15) is 0 Å². The van der Waals surface area contributed by atoms with Gasteiger partial charge >= 0.3 is 0 Å². The first kappa shape index (κ1) is 22.4. The average molecular weight is 331 g/mol. The number of ether oxygens (including phenoxy) is 3. The predicted molar refractivity (Wildman–Crippen MR) is 93.1 cm³/mol. The molecule has 0 aromatic carbocycles. The molecule has 0 radical (unpaired) electrons. The third-order valence-electron chi connectivity index (χ3n) is 4.40. The van der Waals surface area contributed by atoms with Gasteiger partial charge in [0.25, 0.3) is 5.97 Å². The maximum absolute atomic E-state index is 11.7. The van der Waals surface area contributed by atoms with E-state index in [-0.39, 0.29) is 17.9 Å². The Morgan fingerprint density at radius 1 is 0.913 bits per heavy atom. The van der Waals surface area contributed by atoms with Crippen LogP contribution in [0.5, 0.6) is 0 Å². The SMILES string of the molecule is CCCCCCCC(NC(C)=O)C(CCC)C(OC)(OC)OC. The maximum Gasteiger partial charge on any atom is 0.287 e. The molecule has 5 heteroatoms. The van der Waals surface area contributed by atoms with E-state index >= 15 is 0 Å². The molecule has 0 aromatic rings. The summed E-state index contributed by atoms with van der Waals surface area (Å²) in [5.41, 5.74) is 0. The molecule has 0 aliphatic rings. The van der Waals surface area contributed by atoms with Gasteiger partial charge in [-0.05, 0) is 12.8 Å². The van der Waals surface area contributed by atoms with Crippen LogP contribution in [0, 0.1) is 5.92 Å². The summed E-state index contributed by atoms with van der Waals surface area (Å²) in [5, 5.41) is 3.08. The summed E-state index contributed by atoms with van der Waals surface area (Å²) in [7, 11) is 4.76. The Kier molecular flexibility index (Phi) is 12.4. The minimum atomic E-state index is -1.12. The quantitative estimate of drug-likeness (QED) is 0.388. The van der Waals surface area contributed by atoms with Crippen LogP contribution in [0.1, 0.15) is 72.1 Å². The lowest BCUT2D eigenvalue weighted by Crippen LogP contribution is -2.54. The highest BCUT2D eigenvalue weighted by Gasteiger charge is 2.44. The van der Waals surface area contributed by atoms with E-state index in [1.165, 1.54) is 25.7 Å². The zero-order valence-corrected chi connectivity index (χ0v) is 15.9. The third-order valence-corrected chi connectivity index (χ3v) is 4.40. The van der Waals surface area contributed by atoms with Crippen LogP contribution >= 0.6 is 0 Å². The van der Waals surface area contributed by atoms with Crippen LogP contribution < -0.4 is 5.32 Å². The van der Waals surface area contributed by atoms with Crippen molar-refractivity contribution >= 4 is 5.91 Å². The first-order chi connectivity index (χ1) is 11.0. The standard InChI is InChI=1S/C18H37NO4/c1-7-9-10-11-12-14-17(19-15(3)20)16(13-8-2)18(21-4,22-5)23-6/h16-17H,7-14H2,1-6H3,(H,19,20). The van der Waals surface area contributed by atoms with Crippen LogP contribution in [-0.4, -0.2) is 39.3 Å². The number of nitrogens with one attached hydrogen (secondary N) is 1. The molecular formula is C18H37NO4. The highest BCUT2D eigenvalue weighted by atomic mass is 16.9. The van der Waals surface area contributed by atoms with Gasteiger partial charge in [-0.25, -0.2) is 0 Å². The molecule has 1 amide bonds. The number of methoxy groups -OCH3 is 3. The van der Waals surface area contributed by atoms with Crippen molar-refractivity contribution in [2.45, 2.75) is 84.2 Å². The lowest BCUT2D eigenvalue weighted by Gasteiger charge is -2.40. The molecule has 0 heterocycles. The van der Waals surface area contributed by atoms with Gasteiger partial charge in [0.05, 0.1) is 5.92 Å². The number of hydrogen-bond donors (Lipinski definition) is 1. The van der Waals surface area contributed by atoms with Gasteiger partial charge in [-0.15, -0.1) is 0 Å². The molecule has 2 atom stereocenters. The zero-order valence-electron chi connectivity index (χ0n) is 15.9. The van der Waals surface area contributed by atoms with Crippen LogP contribution in [0.3, 0.4) is 0 Å². The first-order valence-electron chi connectivity index (χ1n) is 8.93. The highest BCUT2D eigenvalue weighted by molar-refractivity contribution is 5.73. The third kappa shape index (κ3) is 7.64. The number of amides is 1. The van der Waals surface area contributed by atoms with Gasteiger partial charge in [0.15, 0.2) is 0 Å². The van der Waals surface area contributed by atoms with Crippen molar-refractivity contribution in [1.82, 2.24) is 5.32 Å². The Morgan fingerprint density at radius 2 is 1.48 bits per heavy atom. The smallest absolute Gasteiger partial charge is 0.287 e. The Hall–Kier alpha value is -0.650. The van der Waals surface area contributed by atoms with Gasteiger partial charge in [-0.1, -0.05) is 52.4 Å². The Morgan fingerprint density at radius 3 is 1.91 bits per heavy atom. The summed E-state index contributed by atoms with van der Waals surface area (Å²) in [5.74, 6) is -1.20. The second-order valence-electron chi connectivity index (χ2n) is 6.12. The number of carbonyl (C=O) groups is 1. The van der Waals surface area contributed by atoms with E-state index < -0.39 is 5.97 Å². The van der Waals surface area contributed by atoms with Crippen molar-refractivity contribution in [3.63, 3.8) is 0 Å². The van der Waals surface area contributed by atoms with Crippen molar-refractivity contribution < 1.29 is 19.0 Å². The molecular weight excluding hydrogens is 294 g/mol. The molecule has 0 aromatic heterocycles. The molecule has 0 rings (SSSR count). The normalized spacial score (nSPS) is 14.5. The second-order valence-corrected chi connectivity index (χ2v) is 6.12. The molecule has 2 unspecified atom stereocenters. The van der Waals surface area contributed by atoms with Crippen molar-refractivity contribution in [3.05, 3.63) is 0 Å². The fourth-order valence-corrected chi connectivity index (χ4v) is 3.24. The molecule has 0 bridgehead atoms. The van der Waals surface area contributed by atoms with Gasteiger partial charge in [-0.2, -0.15) is 0 Å². The lowest BCUT2D eigenvalue weighted by molar-refractivity contribution is -0.382. The summed E-state index contributed by atoms with van der Waals surface area (Å²) >= 11 is 0. The number of rotatable bonds is 14. The molecule has 0 aliphatic heterocycles. The maximum atomic E-state index is 11.7. The van der Waals surface area contributed by atoms with Crippen molar-refractivity contribution in [3.8, 4) is 0 Å². The fourth-order valence-electron chi connectivity index (χ4n) is 3.24. The second kappa shape index (κ2) is 12.7. The molecule has 138 valence electrons. The van der Waals surface area contributed by atoms with E-state index in [9.17, 15) is 4.79 Å². The highest BCUT2D eigenvalue weighted by Crippen LogP contribution is 2.32. The van der Waals surface area contributed by atoms with Crippen molar-refractivity contribution in [1.29, 1.82) is 0 Å². The Balaban J connectivity index is 5.04. The van der Waals surface area contributed by atoms with Crippen LogP contribution in [0.25, 0.3) is 0 Å². The molecule has 0 fully saturated rings. The van der Waals surface area contributed by atoms with Crippen molar-refractivity contribution in [2.24, 2.45) is 5.92 Å². The minimum absolute atomic E-state index is 0.0195.